The van der Waals surface area contributed by atoms with Gasteiger partial charge in [-0.05, 0) is 36.0 Å². The first-order chi connectivity index (χ1) is 7.79. The van der Waals surface area contributed by atoms with Crippen molar-refractivity contribution in [3.8, 4) is 0 Å². The molecule has 3 rings (SSSR count). The fourth-order valence-corrected chi connectivity index (χ4v) is 3.46. The summed E-state index contributed by atoms with van der Waals surface area (Å²) in [4.78, 5) is 11.2. The summed E-state index contributed by atoms with van der Waals surface area (Å²) in [5.41, 5.74) is 1.30. The van der Waals surface area contributed by atoms with Gasteiger partial charge in [0.15, 0.2) is 0 Å². The molecule has 2 heteroatoms. The third-order valence-corrected chi connectivity index (χ3v) is 4.46. The molecule has 1 fully saturated rings. The highest BCUT2D eigenvalue weighted by atomic mass is 79.9. The maximum Gasteiger partial charge on any atom is 0.124 e. The average Bonchev–Trinajstić information content (AvgIpc) is 2.89. The highest BCUT2D eigenvalue weighted by molar-refractivity contribution is 9.10. The molecule has 1 aromatic rings. The molecule has 1 saturated carbocycles. The molecule has 0 radical (unpaired) electrons. The Bertz CT molecular complexity index is 435. The smallest absolute Gasteiger partial charge is 0.124 e. The first-order valence-electron chi connectivity index (χ1n) is 5.68. The van der Waals surface area contributed by atoms with Gasteiger partial charge in [0.05, 0.1) is 0 Å². The molecule has 0 amide bonds. The summed E-state index contributed by atoms with van der Waals surface area (Å²) in [7, 11) is 0. The number of fused-ring (bicyclic) bond motifs is 2. The van der Waals surface area contributed by atoms with Crippen molar-refractivity contribution in [1.82, 2.24) is 0 Å². The van der Waals surface area contributed by atoms with E-state index in [1.165, 1.54) is 5.56 Å². The molecule has 4 atom stereocenters. The number of carbonyl (C=O) groups is 1. The first-order valence-corrected chi connectivity index (χ1v) is 6.48. The topological polar surface area (TPSA) is 17.1 Å². The van der Waals surface area contributed by atoms with Crippen molar-refractivity contribution >= 4 is 22.2 Å². The number of hydrogen-bond acceptors (Lipinski definition) is 1. The SMILES string of the molecule is O=C[C@H]1C2C=CC(C2)[C@@H]1c1ccc(Br)cc1. The van der Waals surface area contributed by atoms with E-state index in [1.54, 1.807) is 0 Å². The maximum atomic E-state index is 11.2. The zero-order chi connectivity index (χ0) is 11.1. The number of aldehydes is 1. The van der Waals surface area contributed by atoms with Gasteiger partial charge in [0.2, 0.25) is 0 Å². The Morgan fingerprint density at radius 1 is 1.12 bits per heavy atom. The van der Waals surface area contributed by atoms with E-state index in [0.717, 1.165) is 17.2 Å². The Labute approximate surface area is 104 Å². The molecule has 16 heavy (non-hydrogen) atoms. The molecule has 2 bridgehead atoms. The summed E-state index contributed by atoms with van der Waals surface area (Å²) in [5.74, 6) is 1.65. The number of halogens is 1. The summed E-state index contributed by atoms with van der Waals surface area (Å²) < 4.78 is 1.10. The van der Waals surface area contributed by atoms with Gasteiger partial charge in [-0.1, -0.05) is 40.2 Å². The van der Waals surface area contributed by atoms with Crippen molar-refractivity contribution < 1.29 is 4.79 Å². The van der Waals surface area contributed by atoms with Crippen molar-refractivity contribution in [3.05, 3.63) is 46.5 Å². The lowest BCUT2D eigenvalue weighted by Crippen LogP contribution is -2.18. The zero-order valence-corrected chi connectivity index (χ0v) is 10.4. The zero-order valence-electron chi connectivity index (χ0n) is 8.84. The molecule has 2 aliphatic rings. The fourth-order valence-electron chi connectivity index (χ4n) is 3.20. The standard InChI is InChI=1S/C14H13BrO/c15-12-5-3-9(4-6-12)14-11-2-1-10(7-11)13(14)8-16/h1-6,8,10-11,13-14H,7H2/t10?,11?,13-,14-/m0/s1. The van der Waals surface area contributed by atoms with Crippen LogP contribution in [0.3, 0.4) is 0 Å². The molecule has 0 aliphatic heterocycles. The molecule has 2 unspecified atom stereocenters. The van der Waals surface area contributed by atoms with Crippen LogP contribution < -0.4 is 0 Å². The lowest BCUT2D eigenvalue weighted by Gasteiger charge is -2.24. The summed E-state index contributed by atoms with van der Waals surface area (Å²) in [6.07, 6.45) is 6.82. The van der Waals surface area contributed by atoms with Gasteiger partial charge in [0, 0.05) is 16.3 Å². The van der Waals surface area contributed by atoms with Crippen LogP contribution >= 0.6 is 15.9 Å². The van der Waals surface area contributed by atoms with Crippen molar-refractivity contribution in [3.63, 3.8) is 0 Å². The van der Waals surface area contributed by atoms with E-state index in [2.05, 4.69) is 52.3 Å². The Kier molecular flexibility index (Phi) is 2.47. The number of carbonyl (C=O) groups excluding carboxylic acids is 1. The molecular formula is C14H13BrO. The lowest BCUT2D eigenvalue weighted by molar-refractivity contribution is -0.112. The van der Waals surface area contributed by atoms with Crippen molar-refractivity contribution in [2.24, 2.45) is 17.8 Å². The van der Waals surface area contributed by atoms with Crippen LogP contribution in [0.2, 0.25) is 0 Å². The minimum atomic E-state index is 0.191. The van der Waals surface area contributed by atoms with Gasteiger partial charge in [0.25, 0.3) is 0 Å². The van der Waals surface area contributed by atoms with Gasteiger partial charge < -0.3 is 4.79 Å². The quantitative estimate of drug-likeness (QED) is 0.596. The first kappa shape index (κ1) is 10.3. The molecule has 0 saturated heterocycles. The largest absolute Gasteiger partial charge is 0.303 e. The predicted molar refractivity (Wildman–Crippen MR) is 67.2 cm³/mol. The van der Waals surface area contributed by atoms with Crippen LogP contribution in [0.15, 0.2) is 40.9 Å². The van der Waals surface area contributed by atoms with E-state index in [4.69, 9.17) is 0 Å². The molecule has 0 N–H and O–H groups in total. The molecule has 0 aromatic heterocycles. The van der Waals surface area contributed by atoms with E-state index >= 15 is 0 Å². The van der Waals surface area contributed by atoms with Crippen molar-refractivity contribution in [2.75, 3.05) is 0 Å². The Morgan fingerprint density at radius 3 is 2.50 bits per heavy atom. The summed E-state index contributed by atoms with van der Waals surface area (Å²) in [6.45, 7) is 0. The van der Waals surface area contributed by atoms with Crippen LogP contribution in [0, 0.1) is 17.8 Å². The lowest BCUT2D eigenvalue weighted by atomic mass is 9.79. The summed E-state index contributed by atoms with van der Waals surface area (Å²) >= 11 is 3.44. The molecular weight excluding hydrogens is 264 g/mol. The van der Waals surface area contributed by atoms with Crippen LogP contribution in [-0.4, -0.2) is 6.29 Å². The maximum absolute atomic E-state index is 11.2. The van der Waals surface area contributed by atoms with Gasteiger partial charge in [-0.25, -0.2) is 0 Å². The van der Waals surface area contributed by atoms with Crippen LogP contribution in [0.4, 0.5) is 0 Å². The molecule has 0 spiro atoms. The van der Waals surface area contributed by atoms with E-state index in [9.17, 15) is 4.79 Å². The second kappa shape index (κ2) is 3.85. The Morgan fingerprint density at radius 2 is 1.81 bits per heavy atom. The van der Waals surface area contributed by atoms with Crippen LogP contribution in [0.25, 0.3) is 0 Å². The number of rotatable bonds is 2. The minimum Gasteiger partial charge on any atom is -0.303 e. The summed E-state index contributed by atoms with van der Waals surface area (Å²) in [5, 5.41) is 0. The monoisotopic (exact) mass is 276 g/mol. The second-order valence-corrected chi connectivity index (χ2v) is 5.65. The van der Waals surface area contributed by atoms with Crippen LogP contribution in [0.5, 0.6) is 0 Å². The van der Waals surface area contributed by atoms with Crippen molar-refractivity contribution in [2.45, 2.75) is 12.3 Å². The second-order valence-electron chi connectivity index (χ2n) is 4.74. The number of allylic oxidation sites excluding steroid dienone is 2. The van der Waals surface area contributed by atoms with Gasteiger partial charge >= 0.3 is 0 Å². The highest BCUT2D eigenvalue weighted by Crippen LogP contribution is 2.52. The fraction of sp³-hybridized carbons (Fsp3) is 0.357. The van der Waals surface area contributed by atoms with Gasteiger partial charge in [0.1, 0.15) is 6.29 Å². The van der Waals surface area contributed by atoms with Gasteiger partial charge in [-0.15, -0.1) is 0 Å². The molecule has 1 nitrogen and oxygen atoms in total. The molecule has 1 aromatic carbocycles. The average molecular weight is 277 g/mol. The van der Waals surface area contributed by atoms with E-state index < -0.39 is 0 Å². The van der Waals surface area contributed by atoms with Crippen LogP contribution in [0.1, 0.15) is 17.9 Å². The van der Waals surface area contributed by atoms with E-state index in [1.807, 2.05) is 0 Å². The summed E-state index contributed by atoms with van der Waals surface area (Å²) in [6, 6.07) is 8.40. The van der Waals surface area contributed by atoms with Crippen LogP contribution in [-0.2, 0) is 4.79 Å². The molecule has 82 valence electrons. The number of benzene rings is 1. The third kappa shape index (κ3) is 1.47. The predicted octanol–water partition coefficient (Wildman–Crippen LogP) is 3.55. The van der Waals surface area contributed by atoms with E-state index in [0.29, 0.717) is 17.8 Å². The third-order valence-electron chi connectivity index (χ3n) is 3.93. The Hall–Kier alpha value is -0.890. The van der Waals surface area contributed by atoms with Gasteiger partial charge in [-0.2, -0.15) is 0 Å². The molecule has 2 aliphatic carbocycles. The van der Waals surface area contributed by atoms with E-state index in [-0.39, 0.29) is 5.92 Å². The highest BCUT2D eigenvalue weighted by Gasteiger charge is 2.44. The number of hydrogen-bond donors (Lipinski definition) is 0. The minimum absolute atomic E-state index is 0.191. The molecule has 0 heterocycles. The normalized spacial score (nSPS) is 35.6. The Balaban J connectivity index is 1.97. The van der Waals surface area contributed by atoms with Crippen molar-refractivity contribution in [1.29, 1.82) is 0 Å². The van der Waals surface area contributed by atoms with Gasteiger partial charge in [-0.3, -0.25) is 0 Å².